The molecule has 0 aromatic heterocycles. The van der Waals surface area contributed by atoms with Gasteiger partial charge in [-0.05, 0) is 66.6 Å². The van der Waals surface area contributed by atoms with Crippen molar-refractivity contribution in [2.24, 2.45) is 11.0 Å². The third-order valence-corrected chi connectivity index (χ3v) is 5.50. The number of rotatable bonds is 7. The van der Waals surface area contributed by atoms with Crippen LogP contribution >= 0.6 is 11.6 Å². The molecule has 1 aliphatic rings. The van der Waals surface area contributed by atoms with Gasteiger partial charge in [0.2, 0.25) is 0 Å². The van der Waals surface area contributed by atoms with Crippen molar-refractivity contribution >= 4 is 17.4 Å². The summed E-state index contributed by atoms with van der Waals surface area (Å²) >= 11 is 6.24. The second kappa shape index (κ2) is 10.4. The number of nitrogens with one attached hydrogen (secondary N) is 3. The molecule has 5 nitrogen and oxygen atoms in total. The van der Waals surface area contributed by atoms with Crippen LogP contribution in [0.15, 0.2) is 41.5 Å². The number of benzene rings is 2. The molecule has 1 unspecified atom stereocenters. The number of hydrazone groups is 1. The van der Waals surface area contributed by atoms with E-state index in [1.165, 1.54) is 18.1 Å². The minimum absolute atomic E-state index is 0.138. The number of phenols is 1. The van der Waals surface area contributed by atoms with Crippen LogP contribution in [0.3, 0.4) is 0 Å². The Kier molecular flexibility index (Phi) is 7.62. The molecule has 4 N–H and O–H groups in total. The second-order valence-corrected chi connectivity index (χ2v) is 8.40. The smallest absolute Gasteiger partial charge is 0.170 e. The van der Waals surface area contributed by atoms with E-state index in [0.717, 1.165) is 36.2 Å². The quantitative estimate of drug-likeness (QED) is 0.470. The Morgan fingerprint density at radius 1 is 1.03 bits per heavy atom. The molecule has 0 saturated heterocycles. The monoisotopic (exact) mass is 424 g/mol. The summed E-state index contributed by atoms with van der Waals surface area (Å²) in [4.78, 5) is 0. The Labute approximate surface area is 183 Å². The Morgan fingerprint density at radius 2 is 1.80 bits per heavy atom. The van der Waals surface area contributed by atoms with Gasteiger partial charge in [0.05, 0.1) is 5.02 Å². The first-order valence-corrected chi connectivity index (χ1v) is 10.8. The summed E-state index contributed by atoms with van der Waals surface area (Å²) < 4.78 is 0. The molecular weight excluding hydrogens is 396 g/mol. The fourth-order valence-electron chi connectivity index (χ4n) is 3.58. The number of aromatic hydroxyl groups is 1. The van der Waals surface area contributed by atoms with Crippen LogP contribution in [0.25, 0.3) is 0 Å². The Hall–Kier alpha value is -2.68. The first-order chi connectivity index (χ1) is 14.5. The molecule has 1 atom stereocenters. The van der Waals surface area contributed by atoms with E-state index >= 15 is 0 Å². The van der Waals surface area contributed by atoms with E-state index in [9.17, 15) is 5.11 Å². The molecule has 6 heteroatoms. The Balaban J connectivity index is 2.01. The van der Waals surface area contributed by atoms with Gasteiger partial charge in [0, 0.05) is 16.7 Å². The van der Waals surface area contributed by atoms with Gasteiger partial charge < -0.3 is 5.11 Å². The summed E-state index contributed by atoms with van der Waals surface area (Å²) in [6, 6.07) is 11.2. The first-order valence-electron chi connectivity index (χ1n) is 10.5. The van der Waals surface area contributed by atoms with Crippen molar-refractivity contribution in [1.29, 1.82) is 0 Å². The molecule has 3 rings (SSSR count). The Morgan fingerprint density at radius 3 is 2.47 bits per heavy atom. The van der Waals surface area contributed by atoms with Gasteiger partial charge in [-0.25, -0.2) is 5.53 Å². The van der Waals surface area contributed by atoms with Gasteiger partial charge in [0.1, 0.15) is 5.75 Å². The maximum Gasteiger partial charge on any atom is 0.170 e. The largest absolute Gasteiger partial charge is 0.508 e. The zero-order valence-electron chi connectivity index (χ0n) is 17.7. The van der Waals surface area contributed by atoms with Crippen LogP contribution in [0.2, 0.25) is 5.02 Å². The maximum atomic E-state index is 9.58. The van der Waals surface area contributed by atoms with E-state index in [1.807, 2.05) is 6.07 Å². The number of amidine groups is 1. The van der Waals surface area contributed by atoms with Crippen LogP contribution in [0, 0.1) is 17.8 Å². The summed E-state index contributed by atoms with van der Waals surface area (Å²) in [6.45, 7) is 6.76. The minimum Gasteiger partial charge on any atom is -0.508 e. The van der Waals surface area contributed by atoms with E-state index in [0.29, 0.717) is 22.4 Å². The van der Waals surface area contributed by atoms with Gasteiger partial charge in [-0.2, -0.15) is 0 Å². The predicted octanol–water partition coefficient (Wildman–Crippen LogP) is 5.04. The average Bonchev–Trinajstić information content (AvgIpc) is 3.25. The molecule has 2 aromatic carbocycles. The molecule has 0 saturated carbocycles. The molecule has 1 aliphatic heterocycles. The van der Waals surface area contributed by atoms with Crippen molar-refractivity contribution in [3.05, 3.63) is 63.7 Å². The highest BCUT2D eigenvalue weighted by Gasteiger charge is 2.18. The van der Waals surface area contributed by atoms with Crippen LogP contribution in [0.5, 0.6) is 5.75 Å². The van der Waals surface area contributed by atoms with Gasteiger partial charge in [-0.3, -0.25) is 5.43 Å². The van der Waals surface area contributed by atoms with Crippen molar-refractivity contribution in [1.82, 2.24) is 16.5 Å². The summed E-state index contributed by atoms with van der Waals surface area (Å²) in [5.74, 6) is 8.50. The van der Waals surface area contributed by atoms with Crippen molar-refractivity contribution in [3.8, 4) is 17.6 Å². The normalized spacial score (nSPS) is 13.8. The predicted molar refractivity (Wildman–Crippen MR) is 123 cm³/mol. The lowest BCUT2D eigenvalue weighted by atomic mass is 9.84. The summed E-state index contributed by atoms with van der Waals surface area (Å²) in [5.41, 5.74) is 12.5. The van der Waals surface area contributed by atoms with Crippen LogP contribution in [-0.4, -0.2) is 10.9 Å². The highest BCUT2D eigenvalue weighted by Crippen LogP contribution is 2.31. The van der Waals surface area contributed by atoms with Gasteiger partial charge in [-0.15, -0.1) is 10.6 Å². The molecule has 0 radical (unpaired) electrons. The van der Waals surface area contributed by atoms with Crippen LogP contribution in [0.4, 0.5) is 0 Å². The number of phenolic OH excluding ortho intramolecular Hbond substituents is 1. The zero-order valence-corrected chi connectivity index (χ0v) is 18.5. The molecule has 0 fully saturated rings. The highest BCUT2D eigenvalue weighted by molar-refractivity contribution is 6.31. The average molecular weight is 425 g/mol. The summed E-state index contributed by atoms with van der Waals surface area (Å²) in [6.07, 6.45) is 4.53. The maximum absolute atomic E-state index is 9.58. The second-order valence-electron chi connectivity index (χ2n) is 8.00. The number of halogens is 1. The van der Waals surface area contributed by atoms with Crippen LogP contribution in [0.1, 0.15) is 74.6 Å². The number of nitrogens with zero attached hydrogens (tertiary/aromatic N) is 1. The van der Waals surface area contributed by atoms with Crippen molar-refractivity contribution in [3.63, 3.8) is 0 Å². The van der Waals surface area contributed by atoms with Gasteiger partial charge >= 0.3 is 0 Å². The third-order valence-electron chi connectivity index (χ3n) is 5.18. The topological polar surface area (TPSA) is 68.7 Å². The van der Waals surface area contributed by atoms with Crippen molar-refractivity contribution in [2.75, 3.05) is 0 Å². The van der Waals surface area contributed by atoms with Crippen LogP contribution in [-0.2, 0) is 0 Å². The molecule has 0 bridgehead atoms. The fourth-order valence-corrected chi connectivity index (χ4v) is 3.80. The summed E-state index contributed by atoms with van der Waals surface area (Å²) in [7, 11) is 0. The molecule has 0 aliphatic carbocycles. The lowest BCUT2D eigenvalue weighted by molar-refractivity contribution is 0.475. The van der Waals surface area contributed by atoms with Gasteiger partial charge in [-0.1, -0.05) is 57.1 Å². The Bertz CT molecular complexity index is 975. The van der Waals surface area contributed by atoms with E-state index in [-0.39, 0.29) is 5.75 Å². The van der Waals surface area contributed by atoms with E-state index in [4.69, 9.17) is 11.6 Å². The lowest BCUT2D eigenvalue weighted by Crippen LogP contribution is -2.35. The molecule has 0 amide bonds. The fraction of sp³-hybridized carbons (Fsp3) is 0.375. The molecule has 158 valence electrons. The summed E-state index contributed by atoms with van der Waals surface area (Å²) in [5, 5.41) is 14.3. The van der Waals surface area contributed by atoms with Crippen molar-refractivity contribution < 1.29 is 5.11 Å². The van der Waals surface area contributed by atoms with E-state index in [2.05, 4.69) is 66.3 Å². The minimum atomic E-state index is 0.138. The van der Waals surface area contributed by atoms with E-state index < -0.39 is 0 Å². The molecular formula is C24H29ClN4O. The number of hydrogen-bond acceptors (Lipinski definition) is 5. The zero-order chi connectivity index (χ0) is 21.5. The highest BCUT2D eigenvalue weighted by atomic mass is 35.5. The first kappa shape index (κ1) is 22.0. The SMILES string of the molecule is CCCC(CCC(C)C)c1cc(C2=NNNN2)ccc1C#Cc1ccc(O)cc1Cl. The molecule has 30 heavy (non-hydrogen) atoms. The number of hydrogen-bond donors (Lipinski definition) is 4. The third kappa shape index (κ3) is 5.69. The lowest BCUT2D eigenvalue weighted by Gasteiger charge is -2.20. The van der Waals surface area contributed by atoms with Crippen LogP contribution < -0.4 is 16.5 Å². The number of hydrazine groups is 2. The van der Waals surface area contributed by atoms with Gasteiger partial charge in [0.25, 0.3) is 0 Å². The molecule has 1 heterocycles. The molecule has 2 aromatic rings. The van der Waals surface area contributed by atoms with Crippen molar-refractivity contribution in [2.45, 2.75) is 52.4 Å². The standard InChI is InChI=1S/C24H29ClN4O/c1-4-5-17(7-6-16(2)3)22-14-20(24-26-28-29-27-24)11-9-18(22)8-10-19-12-13-21(30)15-23(19)25/h9,11-17,28-30H,4-7H2,1-3H3,(H,26,27). The molecule has 0 spiro atoms. The van der Waals surface area contributed by atoms with Gasteiger partial charge in [0.15, 0.2) is 5.84 Å². The van der Waals surface area contributed by atoms with E-state index in [1.54, 1.807) is 12.1 Å².